The summed E-state index contributed by atoms with van der Waals surface area (Å²) in [6, 6.07) is 9.65. The third-order valence-electron chi connectivity index (χ3n) is 2.83. The van der Waals surface area contributed by atoms with Gasteiger partial charge in [0.1, 0.15) is 10.5 Å². The molecular weight excluding hydrogens is 284 g/mol. The van der Waals surface area contributed by atoms with Crippen molar-refractivity contribution < 1.29 is 4.42 Å². The summed E-state index contributed by atoms with van der Waals surface area (Å²) in [5, 5.41) is 4.62. The second-order valence-corrected chi connectivity index (χ2v) is 5.62. The summed E-state index contributed by atoms with van der Waals surface area (Å²) in [4.78, 5) is 13.3. The number of hydrogen-bond acceptors (Lipinski definition) is 6. The van der Waals surface area contributed by atoms with Crippen molar-refractivity contribution >= 4 is 28.8 Å². The normalized spacial score (nSPS) is 11.0. The van der Waals surface area contributed by atoms with Gasteiger partial charge in [0.2, 0.25) is 5.95 Å². The highest BCUT2D eigenvalue weighted by atomic mass is 32.2. The molecule has 0 radical (unpaired) electrons. The lowest BCUT2D eigenvalue weighted by Crippen LogP contribution is -2.05. The molecule has 108 valence electrons. The van der Waals surface area contributed by atoms with Gasteiger partial charge in [-0.15, -0.1) is 0 Å². The van der Waals surface area contributed by atoms with E-state index in [0.717, 1.165) is 34.8 Å². The number of nitrogens with one attached hydrogen (secondary N) is 1. The molecule has 0 saturated carbocycles. The van der Waals surface area contributed by atoms with E-state index >= 15 is 0 Å². The lowest BCUT2D eigenvalue weighted by Gasteiger charge is -2.05. The molecule has 2 aromatic heterocycles. The number of para-hydroxylation sites is 2. The van der Waals surface area contributed by atoms with E-state index in [1.165, 1.54) is 11.8 Å². The first kappa shape index (κ1) is 13.9. The number of anilines is 1. The van der Waals surface area contributed by atoms with E-state index in [1.54, 1.807) is 0 Å². The summed E-state index contributed by atoms with van der Waals surface area (Å²) in [6.45, 7) is 4.92. The number of benzene rings is 1. The molecule has 1 N–H and O–H groups in total. The summed E-state index contributed by atoms with van der Waals surface area (Å²) in [5.41, 5.74) is 2.56. The Hall–Kier alpha value is -2.08. The Morgan fingerprint density at radius 1 is 1.19 bits per heavy atom. The molecule has 0 atom stereocenters. The maximum absolute atomic E-state index is 5.70. The first-order chi connectivity index (χ1) is 10.2. The number of aromatic nitrogens is 3. The van der Waals surface area contributed by atoms with Crippen LogP contribution in [-0.4, -0.2) is 21.5 Å². The van der Waals surface area contributed by atoms with Crippen molar-refractivity contribution in [3.05, 3.63) is 36.0 Å². The fourth-order valence-corrected chi connectivity index (χ4v) is 2.71. The number of hydrogen-bond donors (Lipinski definition) is 1. The van der Waals surface area contributed by atoms with Gasteiger partial charge in [-0.1, -0.05) is 19.1 Å². The third-order valence-corrected chi connectivity index (χ3v) is 3.60. The Kier molecular flexibility index (Phi) is 4.06. The summed E-state index contributed by atoms with van der Waals surface area (Å²) in [5.74, 6) is 0.649. The molecule has 0 spiro atoms. The fourth-order valence-electron chi connectivity index (χ4n) is 1.89. The van der Waals surface area contributed by atoms with E-state index in [0.29, 0.717) is 11.2 Å². The molecule has 1 aromatic carbocycles. The lowest BCUT2D eigenvalue weighted by molar-refractivity contribution is 0.489. The molecule has 6 heteroatoms. The Morgan fingerprint density at radius 2 is 2.05 bits per heavy atom. The van der Waals surface area contributed by atoms with Crippen LogP contribution in [0.5, 0.6) is 0 Å². The van der Waals surface area contributed by atoms with Crippen molar-refractivity contribution in [3.63, 3.8) is 0 Å². The van der Waals surface area contributed by atoms with Crippen molar-refractivity contribution in [2.24, 2.45) is 0 Å². The highest BCUT2D eigenvalue weighted by Crippen LogP contribution is 2.29. The van der Waals surface area contributed by atoms with Crippen LogP contribution < -0.4 is 5.32 Å². The molecule has 2 heterocycles. The third kappa shape index (κ3) is 3.33. The average molecular weight is 300 g/mol. The summed E-state index contributed by atoms with van der Waals surface area (Å²) in [6.07, 6.45) is 1.03. The largest absolute Gasteiger partial charge is 0.431 e. The van der Waals surface area contributed by atoms with Gasteiger partial charge < -0.3 is 9.73 Å². The van der Waals surface area contributed by atoms with Crippen LogP contribution in [0.2, 0.25) is 0 Å². The number of rotatable bonds is 5. The zero-order valence-corrected chi connectivity index (χ0v) is 12.8. The molecule has 0 bridgehead atoms. The van der Waals surface area contributed by atoms with Crippen LogP contribution in [0.1, 0.15) is 19.0 Å². The van der Waals surface area contributed by atoms with Crippen LogP contribution >= 0.6 is 11.8 Å². The Morgan fingerprint density at radius 3 is 2.86 bits per heavy atom. The van der Waals surface area contributed by atoms with Crippen LogP contribution in [0, 0.1) is 6.92 Å². The zero-order chi connectivity index (χ0) is 14.7. The predicted octanol–water partition coefficient (Wildman–Crippen LogP) is 3.90. The minimum Gasteiger partial charge on any atom is -0.431 e. The van der Waals surface area contributed by atoms with E-state index in [9.17, 15) is 0 Å². The molecular formula is C15H16N4OS. The molecule has 3 rings (SSSR count). The second-order valence-electron chi connectivity index (χ2n) is 4.65. The van der Waals surface area contributed by atoms with Crippen LogP contribution in [0.15, 0.2) is 45.0 Å². The summed E-state index contributed by atoms with van der Waals surface area (Å²) >= 11 is 1.41. The van der Waals surface area contributed by atoms with E-state index in [4.69, 9.17) is 4.42 Å². The highest BCUT2D eigenvalue weighted by Gasteiger charge is 2.09. The highest BCUT2D eigenvalue weighted by molar-refractivity contribution is 7.99. The summed E-state index contributed by atoms with van der Waals surface area (Å²) < 4.78 is 5.70. The number of fused-ring (bicyclic) bond motifs is 1. The standard InChI is InChI=1S/C15H16N4OS/c1-3-8-16-14-17-10(2)9-13(19-14)21-15-18-11-6-4-5-7-12(11)20-15/h4-7,9H,3,8H2,1-2H3,(H,16,17,19). The fraction of sp³-hybridized carbons (Fsp3) is 0.267. The molecule has 0 saturated heterocycles. The Balaban J connectivity index is 1.84. The van der Waals surface area contributed by atoms with Gasteiger partial charge >= 0.3 is 0 Å². The van der Waals surface area contributed by atoms with Gasteiger partial charge in [-0.05, 0) is 43.3 Å². The number of aryl methyl sites for hydroxylation is 1. The van der Waals surface area contributed by atoms with Gasteiger partial charge in [-0.3, -0.25) is 0 Å². The molecule has 0 unspecified atom stereocenters. The van der Waals surface area contributed by atoms with Gasteiger partial charge in [0, 0.05) is 12.2 Å². The molecule has 0 amide bonds. The first-order valence-electron chi connectivity index (χ1n) is 6.87. The first-order valence-corrected chi connectivity index (χ1v) is 7.69. The van der Waals surface area contributed by atoms with Gasteiger partial charge in [-0.25, -0.2) is 15.0 Å². The zero-order valence-electron chi connectivity index (χ0n) is 12.0. The van der Waals surface area contributed by atoms with Gasteiger partial charge in [0.15, 0.2) is 5.58 Å². The maximum Gasteiger partial charge on any atom is 0.263 e. The molecule has 0 fully saturated rings. The Bertz CT molecular complexity index is 723. The SMILES string of the molecule is CCCNc1nc(C)cc(Sc2nc3ccccc3o2)n1. The lowest BCUT2D eigenvalue weighted by atomic mass is 10.3. The van der Waals surface area contributed by atoms with Crippen LogP contribution in [0.4, 0.5) is 5.95 Å². The van der Waals surface area contributed by atoms with Crippen LogP contribution in [0.3, 0.4) is 0 Å². The van der Waals surface area contributed by atoms with E-state index in [2.05, 4.69) is 27.2 Å². The molecule has 3 aromatic rings. The molecule has 5 nitrogen and oxygen atoms in total. The van der Waals surface area contributed by atoms with Crippen molar-refractivity contribution in [1.29, 1.82) is 0 Å². The molecule has 21 heavy (non-hydrogen) atoms. The Labute approximate surface area is 127 Å². The second kappa shape index (κ2) is 6.13. The van der Waals surface area contributed by atoms with Gasteiger partial charge in [-0.2, -0.15) is 0 Å². The monoisotopic (exact) mass is 300 g/mol. The average Bonchev–Trinajstić information content (AvgIpc) is 2.86. The quantitative estimate of drug-likeness (QED) is 0.721. The van der Waals surface area contributed by atoms with Crippen molar-refractivity contribution in [2.75, 3.05) is 11.9 Å². The number of oxazole rings is 1. The van der Waals surface area contributed by atoms with E-state index in [1.807, 2.05) is 37.3 Å². The maximum atomic E-state index is 5.70. The summed E-state index contributed by atoms with van der Waals surface area (Å²) in [7, 11) is 0. The van der Waals surface area contributed by atoms with Gasteiger partial charge in [0.25, 0.3) is 5.22 Å². The topological polar surface area (TPSA) is 63.8 Å². The minimum absolute atomic E-state index is 0.593. The minimum atomic E-state index is 0.593. The van der Waals surface area contributed by atoms with Crippen molar-refractivity contribution in [2.45, 2.75) is 30.5 Å². The van der Waals surface area contributed by atoms with Crippen molar-refractivity contribution in [1.82, 2.24) is 15.0 Å². The smallest absolute Gasteiger partial charge is 0.263 e. The molecule has 0 aliphatic carbocycles. The predicted molar refractivity (Wildman–Crippen MR) is 83.7 cm³/mol. The van der Waals surface area contributed by atoms with Crippen LogP contribution in [0.25, 0.3) is 11.1 Å². The van der Waals surface area contributed by atoms with Crippen LogP contribution in [-0.2, 0) is 0 Å². The van der Waals surface area contributed by atoms with Crippen molar-refractivity contribution in [3.8, 4) is 0 Å². The molecule has 0 aliphatic heterocycles. The molecule has 0 aliphatic rings. The van der Waals surface area contributed by atoms with E-state index < -0.39 is 0 Å². The van der Waals surface area contributed by atoms with E-state index in [-0.39, 0.29) is 0 Å². The number of nitrogens with zero attached hydrogens (tertiary/aromatic N) is 3. The van der Waals surface area contributed by atoms with Gasteiger partial charge in [0.05, 0.1) is 0 Å².